The number of halogens is 5. The molecule has 2 rings (SSSR count). The van der Waals surface area contributed by atoms with Gasteiger partial charge in [-0.3, -0.25) is 9.48 Å². The van der Waals surface area contributed by atoms with E-state index in [-0.39, 0.29) is 10.2 Å². The molecule has 160 valence electrons. The monoisotopic (exact) mass is 478 g/mol. The molecule has 1 amide bonds. The lowest BCUT2D eigenvalue weighted by Gasteiger charge is -2.23. The van der Waals surface area contributed by atoms with Crippen LogP contribution in [-0.2, 0) is 11.0 Å². The molecule has 1 aromatic carbocycles. The zero-order chi connectivity index (χ0) is 21.9. The Kier molecular flexibility index (Phi) is 7.45. The molecule has 0 aliphatic carbocycles. The highest BCUT2D eigenvalue weighted by Gasteiger charge is 2.39. The molecule has 5 nitrogen and oxygen atoms in total. The van der Waals surface area contributed by atoms with Crippen LogP contribution in [0.15, 0.2) is 28.7 Å². The van der Waals surface area contributed by atoms with Crippen LogP contribution in [0.1, 0.15) is 42.4 Å². The summed E-state index contributed by atoms with van der Waals surface area (Å²) in [7, 11) is 3.77. The van der Waals surface area contributed by atoms with Crippen LogP contribution in [0, 0.1) is 12.7 Å². The number of hydrogen-bond donors (Lipinski definition) is 1. The zero-order valence-electron chi connectivity index (χ0n) is 16.5. The van der Waals surface area contributed by atoms with E-state index in [0.29, 0.717) is 18.5 Å². The van der Waals surface area contributed by atoms with Gasteiger partial charge in [-0.15, -0.1) is 0 Å². The van der Waals surface area contributed by atoms with Crippen molar-refractivity contribution in [3.63, 3.8) is 0 Å². The molecule has 0 aliphatic heterocycles. The second-order valence-electron chi connectivity index (χ2n) is 7.07. The molecule has 0 saturated heterocycles. The molecule has 0 bridgehead atoms. The summed E-state index contributed by atoms with van der Waals surface area (Å²) in [6.45, 7) is 3.59. The molecule has 0 radical (unpaired) electrons. The molecule has 10 heteroatoms. The van der Waals surface area contributed by atoms with Crippen molar-refractivity contribution in [1.82, 2.24) is 20.0 Å². The molecule has 2 aromatic rings. The zero-order valence-corrected chi connectivity index (χ0v) is 18.1. The summed E-state index contributed by atoms with van der Waals surface area (Å²) in [6, 6.07) is 4.38. The summed E-state index contributed by atoms with van der Waals surface area (Å²) in [6.07, 6.45) is -4.08. The van der Waals surface area contributed by atoms with Crippen molar-refractivity contribution in [1.29, 1.82) is 0 Å². The van der Waals surface area contributed by atoms with E-state index in [1.165, 1.54) is 26.0 Å². The molecular weight excluding hydrogens is 456 g/mol. The molecular formula is C19H23BrF4N4O. The third kappa shape index (κ3) is 5.79. The number of nitrogens with zero attached hydrogens (tertiary/aromatic N) is 3. The van der Waals surface area contributed by atoms with E-state index >= 15 is 0 Å². The Morgan fingerprint density at radius 2 is 1.86 bits per heavy atom. The van der Waals surface area contributed by atoms with Gasteiger partial charge in [-0.2, -0.15) is 18.3 Å². The number of hydrogen-bond acceptors (Lipinski definition) is 3. The van der Waals surface area contributed by atoms with Gasteiger partial charge in [0.15, 0.2) is 5.69 Å². The topological polar surface area (TPSA) is 50.2 Å². The molecule has 1 heterocycles. The molecule has 29 heavy (non-hydrogen) atoms. The van der Waals surface area contributed by atoms with Crippen molar-refractivity contribution in [3.05, 3.63) is 51.5 Å². The summed E-state index contributed by atoms with van der Waals surface area (Å²) in [5.41, 5.74) is -0.160. The minimum absolute atomic E-state index is 0.188. The number of rotatable bonds is 7. The molecule has 2 atom stereocenters. The average molecular weight is 479 g/mol. The Hall–Kier alpha value is -1.94. The quantitative estimate of drug-likeness (QED) is 0.596. The van der Waals surface area contributed by atoms with Gasteiger partial charge in [0.2, 0.25) is 5.91 Å². The average Bonchev–Trinajstić information content (AvgIpc) is 2.94. The Bertz CT molecular complexity index is 849. The van der Waals surface area contributed by atoms with Crippen LogP contribution in [-0.4, -0.2) is 41.2 Å². The number of alkyl halides is 3. The molecule has 0 spiro atoms. The van der Waals surface area contributed by atoms with Gasteiger partial charge in [0.1, 0.15) is 11.9 Å². The number of aromatic nitrogens is 2. The van der Waals surface area contributed by atoms with E-state index in [2.05, 4.69) is 26.3 Å². The van der Waals surface area contributed by atoms with Gasteiger partial charge in [-0.25, -0.2) is 4.39 Å². The number of amides is 1. The largest absolute Gasteiger partial charge is 0.436 e. The maximum absolute atomic E-state index is 13.3. The molecule has 0 saturated carbocycles. The lowest BCUT2D eigenvalue weighted by atomic mass is 10.0. The van der Waals surface area contributed by atoms with Crippen LogP contribution in [0.3, 0.4) is 0 Å². The van der Waals surface area contributed by atoms with Gasteiger partial charge in [0, 0.05) is 0 Å². The van der Waals surface area contributed by atoms with Gasteiger partial charge in [0.05, 0.1) is 16.2 Å². The normalized spacial score (nSPS) is 14.1. The highest BCUT2D eigenvalue weighted by atomic mass is 79.9. The predicted octanol–water partition coefficient (Wildman–Crippen LogP) is 4.48. The van der Waals surface area contributed by atoms with Crippen molar-refractivity contribution in [2.24, 2.45) is 0 Å². The molecule has 1 aromatic heterocycles. The fourth-order valence-electron chi connectivity index (χ4n) is 2.86. The third-order valence-electron chi connectivity index (χ3n) is 4.55. The van der Waals surface area contributed by atoms with Crippen LogP contribution < -0.4 is 5.32 Å². The number of nitrogens with one attached hydrogen (secondary N) is 1. The fraction of sp³-hybridized carbons (Fsp3) is 0.474. The summed E-state index contributed by atoms with van der Waals surface area (Å²) in [4.78, 5) is 14.7. The first-order chi connectivity index (χ1) is 13.4. The molecule has 2 unspecified atom stereocenters. The summed E-state index contributed by atoms with van der Waals surface area (Å²) >= 11 is 2.91. The predicted molar refractivity (Wildman–Crippen MR) is 105 cm³/mol. The van der Waals surface area contributed by atoms with Crippen molar-refractivity contribution >= 4 is 21.8 Å². The number of carbonyl (C=O) groups excluding carboxylic acids is 1. The minimum Gasteiger partial charge on any atom is -0.347 e. The highest BCUT2D eigenvalue weighted by Crippen LogP contribution is 2.36. The van der Waals surface area contributed by atoms with Gasteiger partial charge in [0.25, 0.3) is 0 Å². The maximum Gasteiger partial charge on any atom is 0.436 e. The van der Waals surface area contributed by atoms with E-state index in [1.54, 1.807) is 12.1 Å². The first kappa shape index (κ1) is 23.3. The number of carbonyl (C=O) groups is 1. The standard InChI is InChI=1S/C19H23BrF4N4O/c1-11-16(20)17(19(22,23)24)26-28(11)12(2)18(29)25-15(9-10-27(3)4)13-5-7-14(21)8-6-13/h5-8,12,15H,9-10H2,1-4H3,(H,25,29). The van der Waals surface area contributed by atoms with Gasteiger partial charge in [-0.1, -0.05) is 12.1 Å². The molecule has 1 N–H and O–H groups in total. The Balaban J connectivity index is 2.25. The number of benzene rings is 1. The van der Waals surface area contributed by atoms with E-state index in [4.69, 9.17) is 0 Å². The third-order valence-corrected chi connectivity index (χ3v) is 5.49. The lowest BCUT2D eigenvalue weighted by Crippen LogP contribution is -2.36. The van der Waals surface area contributed by atoms with E-state index in [1.807, 2.05) is 19.0 Å². The van der Waals surface area contributed by atoms with Crippen LogP contribution in [0.25, 0.3) is 0 Å². The van der Waals surface area contributed by atoms with E-state index < -0.39 is 35.7 Å². The van der Waals surface area contributed by atoms with Gasteiger partial charge >= 0.3 is 6.18 Å². The van der Waals surface area contributed by atoms with E-state index in [0.717, 1.165) is 4.68 Å². The maximum atomic E-state index is 13.3. The first-order valence-corrected chi connectivity index (χ1v) is 9.73. The van der Waals surface area contributed by atoms with Crippen molar-refractivity contribution < 1.29 is 22.4 Å². The Morgan fingerprint density at radius 1 is 1.28 bits per heavy atom. The van der Waals surface area contributed by atoms with Crippen LogP contribution in [0.4, 0.5) is 17.6 Å². The van der Waals surface area contributed by atoms with E-state index in [9.17, 15) is 22.4 Å². The van der Waals surface area contributed by atoms with Crippen molar-refractivity contribution in [2.75, 3.05) is 20.6 Å². The smallest absolute Gasteiger partial charge is 0.347 e. The van der Waals surface area contributed by atoms with Crippen molar-refractivity contribution in [3.8, 4) is 0 Å². The summed E-state index contributed by atoms with van der Waals surface area (Å²) in [5, 5.41) is 6.45. The Labute approximate surface area is 175 Å². The minimum atomic E-state index is -4.63. The lowest BCUT2D eigenvalue weighted by molar-refractivity contribution is -0.142. The second kappa shape index (κ2) is 9.25. The highest BCUT2D eigenvalue weighted by molar-refractivity contribution is 9.10. The second-order valence-corrected chi connectivity index (χ2v) is 7.86. The Morgan fingerprint density at radius 3 is 2.34 bits per heavy atom. The van der Waals surface area contributed by atoms with Crippen molar-refractivity contribution in [2.45, 2.75) is 38.5 Å². The van der Waals surface area contributed by atoms with Crippen LogP contribution in [0.2, 0.25) is 0 Å². The SMILES string of the molecule is Cc1c(Br)c(C(F)(F)F)nn1C(C)C(=O)NC(CCN(C)C)c1ccc(F)cc1. The van der Waals surface area contributed by atoms with Gasteiger partial charge < -0.3 is 10.2 Å². The van der Waals surface area contributed by atoms with Gasteiger partial charge in [-0.05, 0) is 74.5 Å². The van der Waals surface area contributed by atoms with Crippen LogP contribution in [0.5, 0.6) is 0 Å². The summed E-state index contributed by atoms with van der Waals surface area (Å²) < 4.78 is 53.4. The first-order valence-electron chi connectivity index (χ1n) is 8.94. The fourth-order valence-corrected chi connectivity index (χ4v) is 3.35. The van der Waals surface area contributed by atoms with Crippen LogP contribution >= 0.6 is 15.9 Å². The molecule has 0 aliphatic rings. The molecule has 0 fully saturated rings. The summed E-state index contributed by atoms with van der Waals surface area (Å²) in [5.74, 6) is -0.874.